The Bertz CT molecular complexity index is 923. The number of hydrogen-bond acceptors (Lipinski definition) is 4. The summed E-state index contributed by atoms with van der Waals surface area (Å²) in [4.78, 5) is 4.70. The molecule has 0 spiro atoms. The number of halogens is 4. The van der Waals surface area contributed by atoms with Crippen LogP contribution < -0.4 is 5.32 Å². The zero-order valence-corrected chi connectivity index (χ0v) is 18.8. The first-order valence-corrected chi connectivity index (χ1v) is 11.9. The van der Waals surface area contributed by atoms with Gasteiger partial charge in [-0.05, 0) is 56.7 Å². The summed E-state index contributed by atoms with van der Waals surface area (Å²) >= 11 is 0. The van der Waals surface area contributed by atoms with Crippen LogP contribution in [0.25, 0.3) is 0 Å². The van der Waals surface area contributed by atoms with E-state index >= 15 is 0 Å². The standard InChI is InChI=1S/C25H31F4N3O/c1-31-10-12-32(13-11-31)15-19-7-8-20-23(16-2-5-18(26)6-3-16)30-22-9-4-17(25(27,28)29)14-21(22)24(20)33-19/h2,4-6,9,14,16,19-20,23-24,30H,3,7-8,10-13,15H2,1H3/t16?,19-,20+,23+,24+/m1/s1. The fourth-order valence-electron chi connectivity index (χ4n) is 5.72. The molecule has 1 N–H and O–H groups in total. The Labute approximate surface area is 192 Å². The molecule has 5 atom stereocenters. The molecule has 5 rings (SSSR count). The van der Waals surface area contributed by atoms with Crippen LogP contribution in [0.2, 0.25) is 0 Å². The average molecular weight is 466 g/mol. The highest BCUT2D eigenvalue weighted by molar-refractivity contribution is 5.58. The Morgan fingerprint density at radius 1 is 1.12 bits per heavy atom. The van der Waals surface area contributed by atoms with Crippen molar-refractivity contribution in [1.82, 2.24) is 9.80 Å². The van der Waals surface area contributed by atoms with Crippen LogP contribution in [0.1, 0.15) is 36.5 Å². The SMILES string of the molecule is CN1CCN(C[C@H]2CC[C@@H]3[C@H](O2)c2cc(C(F)(F)F)ccc2N[C@H]3C2C=CC(F)=CC2)CC1. The van der Waals surface area contributed by atoms with Gasteiger partial charge in [0.15, 0.2) is 0 Å². The summed E-state index contributed by atoms with van der Waals surface area (Å²) in [7, 11) is 2.12. The van der Waals surface area contributed by atoms with Crippen molar-refractivity contribution in [3.05, 3.63) is 53.4 Å². The molecule has 2 fully saturated rings. The van der Waals surface area contributed by atoms with Crippen molar-refractivity contribution in [2.45, 2.75) is 43.7 Å². The number of nitrogens with zero attached hydrogens (tertiary/aromatic N) is 2. The lowest BCUT2D eigenvalue weighted by Crippen LogP contribution is -2.51. The van der Waals surface area contributed by atoms with Gasteiger partial charge in [0.05, 0.1) is 17.8 Å². The van der Waals surface area contributed by atoms with Gasteiger partial charge in [0.25, 0.3) is 0 Å². The Kier molecular flexibility index (Phi) is 6.27. The number of hydrogen-bond donors (Lipinski definition) is 1. The van der Waals surface area contributed by atoms with E-state index in [0.29, 0.717) is 17.7 Å². The van der Waals surface area contributed by atoms with Gasteiger partial charge in [-0.25, -0.2) is 4.39 Å². The van der Waals surface area contributed by atoms with Crippen molar-refractivity contribution >= 4 is 5.69 Å². The quantitative estimate of drug-likeness (QED) is 0.635. The Morgan fingerprint density at radius 2 is 1.91 bits per heavy atom. The van der Waals surface area contributed by atoms with E-state index in [2.05, 4.69) is 22.2 Å². The molecule has 0 saturated carbocycles. The molecule has 33 heavy (non-hydrogen) atoms. The minimum atomic E-state index is -4.40. The number of rotatable bonds is 3. The lowest BCUT2D eigenvalue weighted by Gasteiger charge is -2.48. The van der Waals surface area contributed by atoms with Gasteiger partial charge < -0.3 is 15.0 Å². The van der Waals surface area contributed by atoms with Crippen LogP contribution in [0.15, 0.2) is 42.3 Å². The zero-order chi connectivity index (χ0) is 23.2. The molecule has 3 aliphatic heterocycles. The maximum Gasteiger partial charge on any atom is 0.416 e. The highest BCUT2D eigenvalue weighted by atomic mass is 19.4. The second-order valence-electron chi connectivity index (χ2n) is 9.84. The van der Waals surface area contributed by atoms with Gasteiger partial charge in [0.1, 0.15) is 5.83 Å². The molecule has 0 bridgehead atoms. The van der Waals surface area contributed by atoms with Crippen molar-refractivity contribution in [2.75, 3.05) is 45.1 Å². The fourth-order valence-corrected chi connectivity index (χ4v) is 5.72. The molecule has 180 valence electrons. The second kappa shape index (κ2) is 9.04. The number of allylic oxidation sites excluding steroid dienone is 3. The van der Waals surface area contributed by atoms with Gasteiger partial charge in [-0.1, -0.05) is 6.08 Å². The van der Waals surface area contributed by atoms with E-state index in [-0.39, 0.29) is 29.8 Å². The molecular weight excluding hydrogens is 434 g/mol. The summed E-state index contributed by atoms with van der Waals surface area (Å²) in [5.74, 6) is -0.125. The first-order valence-electron chi connectivity index (χ1n) is 11.9. The van der Waals surface area contributed by atoms with Crippen LogP contribution in [0, 0.1) is 11.8 Å². The maximum atomic E-state index is 13.6. The van der Waals surface area contributed by atoms with Crippen molar-refractivity contribution in [3.63, 3.8) is 0 Å². The van der Waals surface area contributed by atoms with Crippen molar-refractivity contribution in [2.24, 2.45) is 11.8 Å². The summed E-state index contributed by atoms with van der Waals surface area (Å²) in [5.41, 5.74) is 0.640. The summed E-state index contributed by atoms with van der Waals surface area (Å²) in [6, 6.07) is 3.90. The lowest BCUT2D eigenvalue weighted by atomic mass is 9.72. The number of ether oxygens (including phenoxy) is 1. The van der Waals surface area contributed by atoms with Crippen LogP contribution in [0.3, 0.4) is 0 Å². The highest BCUT2D eigenvalue weighted by Crippen LogP contribution is 2.49. The summed E-state index contributed by atoms with van der Waals surface area (Å²) in [6.45, 7) is 4.80. The van der Waals surface area contributed by atoms with E-state index in [0.717, 1.165) is 51.6 Å². The molecule has 1 aromatic rings. The third kappa shape index (κ3) is 4.84. The molecule has 1 aliphatic carbocycles. The Balaban J connectivity index is 1.40. The highest BCUT2D eigenvalue weighted by Gasteiger charge is 2.45. The van der Waals surface area contributed by atoms with Crippen LogP contribution in [-0.2, 0) is 10.9 Å². The number of piperazine rings is 1. The molecule has 0 amide bonds. The van der Waals surface area contributed by atoms with Crippen LogP contribution >= 0.6 is 0 Å². The minimum absolute atomic E-state index is 0.00460. The minimum Gasteiger partial charge on any atom is -0.381 e. The third-order valence-electron chi connectivity index (χ3n) is 7.63. The largest absolute Gasteiger partial charge is 0.416 e. The first kappa shape index (κ1) is 22.9. The molecular formula is C25H31F4N3O. The van der Waals surface area contributed by atoms with Crippen molar-refractivity contribution in [3.8, 4) is 0 Å². The fraction of sp³-hybridized carbons (Fsp3) is 0.600. The molecule has 8 heteroatoms. The van der Waals surface area contributed by atoms with Gasteiger partial charge in [0.2, 0.25) is 0 Å². The summed E-state index contributed by atoms with van der Waals surface area (Å²) in [5, 5.41) is 3.49. The van der Waals surface area contributed by atoms with E-state index < -0.39 is 17.8 Å². The number of likely N-dealkylation sites (N-methyl/N-ethyl adjacent to an activating group) is 1. The summed E-state index contributed by atoms with van der Waals surface area (Å²) < 4.78 is 60.6. The van der Waals surface area contributed by atoms with Crippen LogP contribution in [-0.4, -0.2) is 61.7 Å². The predicted molar refractivity (Wildman–Crippen MR) is 120 cm³/mol. The summed E-state index contributed by atoms with van der Waals surface area (Å²) in [6.07, 6.45) is 2.48. The molecule has 3 heterocycles. The van der Waals surface area contributed by atoms with E-state index in [4.69, 9.17) is 4.74 Å². The van der Waals surface area contributed by atoms with Gasteiger partial charge in [-0.2, -0.15) is 13.2 Å². The topological polar surface area (TPSA) is 27.7 Å². The molecule has 1 aromatic carbocycles. The predicted octanol–water partition coefficient (Wildman–Crippen LogP) is 5.01. The monoisotopic (exact) mass is 465 g/mol. The molecule has 1 unspecified atom stereocenters. The number of anilines is 1. The Morgan fingerprint density at radius 3 is 2.61 bits per heavy atom. The molecule has 0 aromatic heterocycles. The lowest BCUT2D eigenvalue weighted by molar-refractivity contribution is -0.138. The molecule has 0 radical (unpaired) electrons. The maximum absolute atomic E-state index is 13.6. The Hall–Kier alpha value is -1.90. The molecule has 4 aliphatic rings. The number of benzene rings is 1. The normalized spacial score (nSPS) is 33.1. The van der Waals surface area contributed by atoms with Crippen LogP contribution in [0.4, 0.5) is 23.2 Å². The number of alkyl halides is 3. The smallest absolute Gasteiger partial charge is 0.381 e. The van der Waals surface area contributed by atoms with Crippen molar-refractivity contribution in [1.29, 1.82) is 0 Å². The second-order valence-corrected chi connectivity index (χ2v) is 9.84. The van der Waals surface area contributed by atoms with Crippen LogP contribution in [0.5, 0.6) is 0 Å². The zero-order valence-electron chi connectivity index (χ0n) is 18.8. The first-order chi connectivity index (χ1) is 15.8. The molecule has 2 saturated heterocycles. The van der Waals surface area contributed by atoms with Gasteiger partial charge >= 0.3 is 6.18 Å². The number of nitrogens with one attached hydrogen (secondary N) is 1. The van der Waals surface area contributed by atoms with E-state index in [1.54, 1.807) is 6.08 Å². The molecule has 4 nitrogen and oxygen atoms in total. The average Bonchev–Trinajstić information content (AvgIpc) is 2.80. The van der Waals surface area contributed by atoms with Gasteiger partial charge in [-0.3, -0.25) is 4.90 Å². The van der Waals surface area contributed by atoms with E-state index in [9.17, 15) is 17.6 Å². The van der Waals surface area contributed by atoms with E-state index in [1.807, 2.05) is 6.08 Å². The van der Waals surface area contributed by atoms with Gasteiger partial charge in [0, 0.05) is 61.9 Å². The number of fused-ring (bicyclic) bond motifs is 3. The van der Waals surface area contributed by atoms with Crippen molar-refractivity contribution < 1.29 is 22.3 Å². The van der Waals surface area contributed by atoms with E-state index in [1.165, 1.54) is 18.2 Å². The third-order valence-corrected chi connectivity index (χ3v) is 7.63. The van der Waals surface area contributed by atoms with Gasteiger partial charge in [-0.15, -0.1) is 0 Å².